The number of nitrogens with one attached hydrogen (secondary N) is 1. The summed E-state index contributed by atoms with van der Waals surface area (Å²) in [6.45, 7) is 10.2. The Bertz CT molecular complexity index is 364. The fourth-order valence-electron chi connectivity index (χ4n) is 2.98. The lowest BCUT2D eigenvalue weighted by Gasteiger charge is -2.40. The monoisotopic (exact) mass is 261 g/mol. The van der Waals surface area contributed by atoms with Crippen LogP contribution >= 0.6 is 0 Å². The predicted octanol–water partition coefficient (Wildman–Crippen LogP) is 2.68. The summed E-state index contributed by atoms with van der Waals surface area (Å²) in [6, 6.07) is 5.51. The molecule has 1 fully saturated rings. The van der Waals surface area contributed by atoms with Crippen LogP contribution in [0.15, 0.2) is 24.5 Å². The normalized spacial score (nSPS) is 24.8. The maximum atomic E-state index is 4.23. The van der Waals surface area contributed by atoms with Crippen molar-refractivity contribution in [3.63, 3.8) is 0 Å². The van der Waals surface area contributed by atoms with Gasteiger partial charge >= 0.3 is 0 Å². The predicted molar refractivity (Wildman–Crippen MR) is 80.0 cm³/mol. The van der Waals surface area contributed by atoms with Gasteiger partial charge in [-0.05, 0) is 30.4 Å². The zero-order valence-electron chi connectivity index (χ0n) is 12.5. The van der Waals surface area contributed by atoms with Gasteiger partial charge in [-0.1, -0.05) is 26.8 Å². The van der Waals surface area contributed by atoms with Crippen LogP contribution in [0.5, 0.6) is 0 Å². The third-order valence-corrected chi connectivity index (χ3v) is 3.95. The molecule has 0 saturated carbocycles. The summed E-state index contributed by atoms with van der Waals surface area (Å²) in [5, 5.41) is 3.71. The molecule has 0 aliphatic carbocycles. The molecule has 2 atom stereocenters. The highest BCUT2D eigenvalue weighted by Crippen LogP contribution is 2.17. The first-order chi connectivity index (χ1) is 9.19. The Morgan fingerprint density at radius 3 is 2.95 bits per heavy atom. The molecule has 2 rings (SSSR count). The third-order valence-electron chi connectivity index (χ3n) is 3.95. The number of aromatic nitrogens is 1. The first-order valence-corrected chi connectivity index (χ1v) is 7.55. The van der Waals surface area contributed by atoms with Gasteiger partial charge < -0.3 is 5.32 Å². The second-order valence-corrected chi connectivity index (χ2v) is 6.09. The van der Waals surface area contributed by atoms with Gasteiger partial charge in [-0.2, -0.15) is 0 Å². The van der Waals surface area contributed by atoms with Gasteiger partial charge in [0.15, 0.2) is 0 Å². The van der Waals surface area contributed by atoms with Crippen molar-refractivity contribution in [1.82, 2.24) is 15.2 Å². The molecule has 106 valence electrons. The van der Waals surface area contributed by atoms with E-state index in [4.69, 9.17) is 0 Å². The summed E-state index contributed by atoms with van der Waals surface area (Å²) < 4.78 is 0. The molecule has 1 saturated heterocycles. The highest BCUT2D eigenvalue weighted by Gasteiger charge is 2.26. The Morgan fingerprint density at radius 1 is 1.47 bits per heavy atom. The zero-order valence-corrected chi connectivity index (χ0v) is 12.5. The zero-order chi connectivity index (χ0) is 13.7. The lowest BCUT2D eigenvalue weighted by Crippen LogP contribution is -2.56. The summed E-state index contributed by atoms with van der Waals surface area (Å²) >= 11 is 0. The van der Waals surface area contributed by atoms with Crippen LogP contribution in [0.25, 0.3) is 0 Å². The van der Waals surface area contributed by atoms with E-state index in [9.17, 15) is 0 Å². The fraction of sp³-hybridized carbons (Fsp3) is 0.688. The standard InChI is InChI=1S/C16H27N3/c1-4-16-10-18-15(8-13(2)3)12-19(16)11-14-6-5-7-17-9-14/h5-7,9,13,15-16,18H,4,8,10-12H2,1-3H3. The molecule has 1 N–H and O–H groups in total. The van der Waals surface area contributed by atoms with E-state index in [1.54, 1.807) is 0 Å². The second kappa shape index (κ2) is 7.01. The minimum atomic E-state index is 0.638. The molecule has 0 bridgehead atoms. The minimum absolute atomic E-state index is 0.638. The van der Waals surface area contributed by atoms with Gasteiger partial charge in [0.25, 0.3) is 0 Å². The van der Waals surface area contributed by atoms with E-state index in [-0.39, 0.29) is 0 Å². The average Bonchev–Trinajstić information content (AvgIpc) is 2.39. The Labute approximate surface area is 117 Å². The number of nitrogens with zero attached hydrogens (tertiary/aromatic N) is 2. The van der Waals surface area contributed by atoms with Gasteiger partial charge in [-0.3, -0.25) is 9.88 Å². The quantitative estimate of drug-likeness (QED) is 0.883. The molecular weight excluding hydrogens is 234 g/mol. The van der Waals surface area contributed by atoms with Crippen molar-refractivity contribution in [3.8, 4) is 0 Å². The van der Waals surface area contributed by atoms with Crippen LogP contribution < -0.4 is 5.32 Å². The van der Waals surface area contributed by atoms with Crippen molar-refractivity contribution < 1.29 is 0 Å². The molecule has 1 aliphatic heterocycles. The molecule has 0 aromatic carbocycles. The van der Waals surface area contributed by atoms with Gasteiger partial charge in [0, 0.05) is 44.1 Å². The van der Waals surface area contributed by atoms with E-state index in [0.29, 0.717) is 12.1 Å². The number of pyridine rings is 1. The SMILES string of the molecule is CCC1CNC(CC(C)C)CN1Cc1cccnc1. The van der Waals surface area contributed by atoms with Crippen molar-refractivity contribution in [2.45, 2.75) is 52.2 Å². The van der Waals surface area contributed by atoms with Gasteiger partial charge in [0.2, 0.25) is 0 Å². The van der Waals surface area contributed by atoms with Gasteiger partial charge in [0.05, 0.1) is 0 Å². The largest absolute Gasteiger partial charge is 0.311 e. The third kappa shape index (κ3) is 4.29. The summed E-state index contributed by atoms with van der Waals surface area (Å²) in [7, 11) is 0. The van der Waals surface area contributed by atoms with Crippen LogP contribution in [0.3, 0.4) is 0 Å². The van der Waals surface area contributed by atoms with Crippen LogP contribution in [0.4, 0.5) is 0 Å². The molecule has 1 aromatic rings. The number of rotatable bonds is 5. The van der Waals surface area contributed by atoms with Gasteiger partial charge in [-0.15, -0.1) is 0 Å². The average molecular weight is 261 g/mol. The van der Waals surface area contributed by atoms with Crippen LogP contribution in [0.1, 0.15) is 39.2 Å². The Morgan fingerprint density at radius 2 is 2.32 bits per heavy atom. The maximum absolute atomic E-state index is 4.23. The van der Waals surface area contributed by atoms with Crippen molar-refractivity contribution in [1.29, 1.82) is 0 Å². The summed E-state index contributed by atoms with van der Waals surface area (Å²) in [6.07, 6.45) is 6.31. The Balaban J connectivity index is 1.97. The lowest BCUT2D eigenvalue weighted by molar-refractivity contribution is 0.111. The van der Waals surface area contributed by atoms with E-state index in [0.717, 1.165) is 25.6 Å². The molecule has 3 heteroatoms. The number of hydrogen-bond donors (Lipinski definition) is 1. The van der Waals surface area contributed by atoms with Gasteiger partial charge in [0.1, 0.15) is 0 Å². The van der Waals surface area contributed by atoms with Crippen molar-refractivity contribution >= 4 is 0 Å². The van der Waals surface area contributed by atoms with Crippen molar-refractivity contribution in [2.24, 2.45) is 5.92 Å². The van der Waals surface area contributed by atoms with E-state index in [2.05, 4.69) is 42.0 Å². The molecule has 0 amide bonds. The first-order valence-electron chi connectivity index (χ1n) is 7.55. The van der Waals surface area contributed by atoms with E-state index in [1.807, 2.05) is 18.5 Å². The van der Waals surface area contributed by atoms with Crippen molar-refractivity contribution in [3.05, 3.63) is 30.1 Å². The van der Waals surface area contributed by atoms with E-state index in [1.165, 1.54) is 18.4 Å². The van der Waals surface area contributed by atoms with Crippen LogP contribution in [0, 0.1) is 5.92 Å². The summed E-state index contributed by atoms with van der Waals surface area (Å²) in [4.78, 5) is 6.85. The van der Waals surface area contributed by atoms with Gasteiger partial charge in [-0.25, -0.2) is 0 Å². The molecule has 0 spiro atoms. The molecular formula is C16H27N3. The number of piperazine rings is 1. The number of hydrogen-bond acceptors (Lipinski definition) is 3. The lowest BCUT2D eigenvalue weighted by atomic mass is 9.98. The molecule has 1 aromatic heterocycles. The highest BCUT2D eigenvalue weighted by atomic mass is 15.2. The minimum Gasteiger partial charge on any atom is -0.311 e. The fourth-order valence-corrected chi connectivity index (χ4v) is 2.98. The van der Waals surface area contributed by atoms with E-state index >= 15 is 0 Å². The molecule has 2 heterocycles. The first kappa shape index (κ1) is 14.5. The van der Waals surface area contributed by atoms with Crippen LogP contribution in [-0.4, -0.2) is 35.1 Å². The topological polar surface area (TPSA) is 28.2 Å². The second-order valence-electron chi connectivity index (χ2n) is 6.09. The smallest absolute Gasteiger partial charge is 0.0312 e. The van der Waals surface area contributed by atoms with Crippen LogP contribution in [-0.2, 0) is 6.54 Å². The molecule has 2 unspecified atom stereocenters. The maximum Gasteiger partial charge on any atom is 0.0312 e. The van der Waals surface area contributed by atoms with E-state index < -0.39 is 0 Å². The molecule has 1 aliphatic rings. The Hall–Kier alpha value is -0.930. The summed E-state index contributed by atoms with van der Waals surface area (Å²) in [5.74, 6) is 0.760. The van der Waals surface area contributed by atoms with Crippen LogP contribution in [0.2, 0.25) is 0 Å². The molecule has 3 nitrogen and oxygen atoms in total. The molecule has 0 radical (unpaired) electrons. The summed E-state index contributed by atoms with van der Waals surface area (Å²) in [5.41, 5.74) is 1.33. The van der Waals surface area contributed by atoms with Crippen molar-refractivity contribution in [2.75, 3.05) is 13.1 Å². The highest BCUT2D eigenvalue weighted by molar-refractivity contribution is 5.09. The Kier molecular flexibility index (Phi) is 5.34. The molecule has 19 heavy (non-hydrogen) atoms.